The fraction of sp³-hybridized carbons (Fsp3) is 0.818. The maximum Gasteiger partial charge on any atom is 0.0148 e. The van der Waals surface area contributed by atoms with E-state index < -0.39 is 0 Å². The zero-order valence-electron chi connectivity index (χ0n) is 7.72. The van der Waals surface area contributed by atoms with Gasteiger partial charge in [0.05, 0.1) is 0 Å². The number of halogens is 1. The number of terminal acetylenes is 1. The smallest absolute Gasteiger partial charge is 0.0148 e. The monoisotopic (exact) mass is 228 g/mol. The fourth-order valence-electron chi connectivity index (χ4n) is 2.03. The Morgan fingerprint density at radius 3 is 2.92 bits per heavy atom. The van der Waals surface area contributed by atoms with Crippen LogP contribution in [-0.4, -0.2) is 4.83 Å². The lowest BCUT2D eigenvalue weighted by Crippen LogP contribution is -2.22. The van der Waals surface area contributed by atoms with Gasteiger partial charge in [0.25, 0.3) is 0 Å². The molecule has 0 aromatic carbocycles. The van der Waals surface area contributed by atoms with E-state index in [0.29, 0.717) is 0 Å². The predicted octanol–water partition coefficient (Wildman–Crippen LogP) is 3.60. The number of rotatable bonds is 2. The van der Waals surface area contributed by atoms with Gasteiger partial charge >= 0.3 is 0 Å². The van der Waals surface area contributed by atoms with Crippen molar-refractivity contribution in [2.45, 2.75) is 43.9 Å². The lowest BCUT2D eigenvalue weighted by Gasteiger charge is -2.31. The minimum Gasteiger partial charge on any atom is -0.120 e. The Kier molecular flexibility index (Phi) is 4.15. The lowest BCUT2D eigenvalue weighted by atomic mass is 9.78. The molecule has 0 aromatic heterocycles. The van der Waals surface area contributed by atoms with Gasteiger partial charge in [0, 0.05) is 11.2 Å². The summed E-state index contributed by atoms with van der Waals surface area (Å²) < 4.78 is 0. The molecule has 3 atom stereocenters. The third-order valence-corrected chi connectivity index (χ3v) is 3.79. The molecule has 1 rings (SSSR count). The fourth-order valence-corrected chi connectivity index (χ4v) is 2.77. The molecule has 0 aromatic rings. The molecule has 68 valence electrons. The molecule has 0 heterocycles. The van der Waals surface area contributed by atoms with Crippen LogP contribution in [0.2, 0.25) is 0 Å². The standard InChI is InChI=1S/C11H17Br/c1-3-4-5-10-8-11(12)7-6-9(10)2/h1,9-11H,4-8H2,2H3. The van der Waals surface area contributed by atoms with Crippen molar-refractivity contribution in [1.82, 2.24) is 0 Å². The van der Waals surface area contributed by atoms with Crippen LogP contribution in [0, 0.1) is 24.2 Å². The van der Waals surface area contributed by atoms with Crippen LogP contribution in [0.25, 0.3) is 0 Å². The summed E-state index contributed by atoms with van der Waals surface area (Å²) in [6.45, 7) is 2.36. The summed E-state index contributed by atoms with van der Waals surface area (Å²) in [4.78, 5) is 0.747. The molecule has 0 radical (unpaired) electrons. The molecule has 0 aliphatic heterocycles. The zero-order chi connectivity index (χ0) is 8.97. The van der Waals surface area contributed by atoms with Crippen LogP contribution in [0.5, 0.6) is 0 Å². The van der Waals surface area contributed by atoms with Gasteiger partial charge in [0.1, 0.15) is 0 Å². The molecule has 1 aliphatic rings. The van der Waals surface area contributed by atoms with Crippen LogP contribution < -0.4 is 0 Å². The highest BCUT2D eigenvalue weighted by molar-refractivity contribution is 9.09. The second-order valence-electron chi connectivity index (χ2n) is 3.89. The quantitative estimate of drug-likeness (QED) is 0.501. The van der Waals surface area contributed by atoms with E-state index >= 15 is 0 Å². The van der Waals surface area contributed by atoms with Crippen molar-refractivity contribution >= 4 is 15.9 Å². The molecule has 0 bridgehead atoms. The molecule has 0 amide bonds. The molecule has 0 saturated heterocycles. The zero-order valence-corrected chi connectivity index (χ0v) is 9.31. The molecule has 0 spiro atoms. The Labute approximate surface area is 84.2 Å². The van der Waals surface area contributed by atoms with Crippen molar-refractivity contribution in [2.75, 3.05) is 0 Å². The van der Waals surface area contributed by atoms with Crippen LogP contribution >= 0.6 is 15.9 Å². The normalized spacial score (nSPS) is 35.9. The molecule has 12 heavy (non-hydrogen) atoms. The molecular weight excluding hydrogens is 212 g/mol. The molecular formula is C11H17Br. The first kappa shape index (κ1) is 10.1. The maximum atomic E-state index is 5.26. The minimum absolute atomic E-state index is 0.747. The highest BCUT2D eigenvalue weighted by Gasteiger charge is 2.25. The summed E-state index contributed by atoms with van der Waals surface area (Å²) in [7, 11) is 0. The van der Waals surface area contributed by atoms with Crippen LogP contribution in [0.4, 0.5) is 0 Å². The average molecular weight is 229 g/mol. The Morgan fingerprint density at radius 1 is 1.50 bits per heavy atom. The van der Waals surface area contributed by atoms with Gasteiger partial charge in [0.15, 0.2) is 0 Å². The van der Waals surface area contributed by atoms with Crippen LogP contribution in [0.3, 0.4) is 0 Å². The van der Waals surface area contributed by atoms with Gasteiger partial charge in [-0.05, 0) is 37.5 Å². The molecule has 3 unspecified atom stereocenters. The minimum atomic E-state index is 0.747. The summed E-state index contributed by atoms with van der Waals surface area (Å²) in [5.41, 5.74) is 0. The van der Waals surface area contributed by atoms with Gasteiger partial charge in [-0.1, -0.05) is 22.9 Å². The Hall–Kier alpha value is 0.0400. The van der Waals surface area contributed by atoms with E-state index in [1.54, 1.807) is 0 Å². The first-order chi connectivity index (χ1) is 5.74. The van der Waals surface area contributed by atoms with Crippen molar-refractivity contribution in [2.24, 2.45) is 11.8 Å². The predicted molar refractivity (Wildman–Crippen MR) is 57.3 cm³/mol. The first-order valence-corrected chi connectivity index (χ1v) is 5.73. The number of alkyl halides is 1. The second-order valence-corrected chi connectivity index (χ2v) is 5.19. The van der Waals surface area contributed by atoms with E-state index in [2.05, 4.69) is 28.8 Å². The van der Waals surface area contributed by atoms with E-state index in [1.807, 2.05) is 0 Å². The molecule has 1 aliphatic carbocycles. The van der Waals surface area contributed by atoms with E-state index in [1.165, 1.54) is 25.7 Å². The van der Waals surface area contributed by atoms with Crippen molar-refractivity contribution in [3.63, 3.8) is 0 Å². The second kappa shape index (κ2) is 4.92. The molecule has 1 fully saturated rings. The largest absolute Gasteiger partial charge is 0.120 e. The molecule has 1 saturated carbocycles. The summed E-state index contributed by atoms with van der Waals surface area (Å²) in [6, 6.07) is 0. The van der Waals surface area contributed by atoms with Gasteiger partial charge in [-0.25, -0.2) is 0 Å². The van der Waals surface area contributed by atoms with Gasteiger partial charge in [-0.2, -0.15) is 0 Å². The maximum absolute atomic E-state index is 5.26. The highest BCUT2D eigenvalue weighted by atomic mass is 79.9. The summed E-state index contributed by atoms with van der Waals surface area (Å²) in [6.07, 6.45) is 11.5. The van der Waals surface area contributed by atoms with E-state index in [-0.39, 0.29) is 0 Å². The third-order valence-electron chi connectivity index (χ3n) is 2.96. The van der Waals surface area contributed by atoms with Gasteiger partial charge in [0.2, 0.25) is 0 Å². The number of hydrogen-bond acceptors (Lipinski definition) is 0. The van der Waals surface area contributed by atoms with Crippen LogP contribution in [0.1, 0.15) is 39.0 Å². The van der Waals surface area contributed by atoms with Gasteiger partial charge in [-0.15, -0.1) is 12.3 Å². The Balaban J connectivity index is 2.34. The van der Waals surface area contributed by atoms with Gasteiger partial charge in [-0.3, -0.25) is 0 Å². The topological polar surface area (TPSA) is 0 Å². The lowest BCUT2D eigenvalue weighted by molar-refractivity contribution is 0.252. The Morgan fingerprint density at radius 2 is 2.25 bits per heavy atom. The van der Waals surface area contributed by atoms with Crippen molar-refractivity contribution < 1.29 is 0 Å². The third kappa shape index (κ3) is 2.83. The van der Waals surface area contributed by atoms with E-state index in [4.69, 9.17) is 6.42 Å². The summed E-state index contributed by atoms with van der Waals surface area (Å²) in [5.74, 6) is 4.48. The van der Waals surface area contributed by atoms with E-state index in [0.717, 1.165) is 23.1 Å². The van der Waals surface area contributed by atoms with Crippen molar-refractivity contribution in [1.29, 1.82) is 0 Å². The SMILES string of the molecule is C#CCCC1CC(Br)CCC1C. The van der Waals surface area contributed by atoms with Crippen LogP contribution in [0.15, 0.2) is 0 Å². The average Bonchev–Trinajstić information content (AvgIpc) is 2.07. The molecule has 0 nitrogen and oxygen atoms in total. The molecule has 0 N–H and O–H groups in total. The Bertz CT molecular complexity index is 168. The van der Waals surface area contributed by atoms with Gasteiger partial charge < -0.3 is 0 Å². The highest BCUT2D eigenvalue weighted by Crippen LogP contribution is 2.35. The van der Waals surface area contributed by atoms with E-state index in [9.17, 15) is 0 Å². The van der Waals surface area contributed by atoms with Crippen molar-refractivity contribution in [3.8, 4) is 12.3 Å². The summed E-state index contributed by atoms with van der Waals surface area (Å²) >= 11 is 3.70. The summed E-state index contributed by atoms with van der Waals surface area (Å²) in [5, 5.41) is 0. The van der Waals surface area contributed by atoms with Crippen LogP contribution in [-0.2, 0) is 0 Å². The first-order valence-electron chi connectivity index (χ1n) is 4.81. The number of hydrogen-bond donors (Lipinski definition) is 0. The molecule has 1 heteroatoms. The van der Waals surface area contributed by atoms with Crippen molar-refractivity contribution in [3.05, 3.63) is 0 Å².